The molecule has 0 bridgehead atoms. The number of aromatic nitrogens is 2. The van der Waals surface area contributed by atoms with Crippen LogP contribution in [0.25, 0.3) is 10.8 Å². The van der Waals surface area contributed by atoms with Crippen molar-refractivity contribution in [3.05, 3.63) is 99.3 Å². The second kappa shape index (κ2) is 8.95. The van der Waals surface area contributed by atoms with Gasteiger partial charge in [0.15, 0.2) is 12.3 Å². The third kappa shape index (κ3) is 4.08. The van der Waals surface area contributed by atoms with Crippen LogP contribution in [0.3, 0.4) is 0 Å². The van der Waals surface area contributed by atoms with Gasteiger partial charge in [0, 0.05) is 16.8 Å². The number of carbonyl (C=O) groups is 2. The van der Waals surface area contributed by atoms with E-state index in [0.717, 1.165) is 5.56 Å². The Balaban J connectivity index is 1.37. The number of nitrogens with one attached hydrogen (secondary N) is 1. The highest BCUT2D eigenvalue weighted by Crippen LogP contribution is 2.33. The minimum absolute atomic E-state index is 0.0858. The molecule has 9 nitrogen and oxygen atoms in total. The SMILES string of the molecule is O=C(OCC(=O)N1N=C(c2ccc(Cl)cc2)CC1c1ccco1)c1n[nH]c(=O)c2ccccc12. The first-order valence-electron chi connectivity index (χ1n) is 10.3. The standard InChI is InChI=1S/C24H17ClN4O5/c25-15-9-7-14(8-10-15)18-12-19(20-6-3-11-33-20)29(28-18)21(30)13-34-24(32)22-16-4-1-2-5-17(16)23(31)27-26-22/h1-11,19H,12-13H2,(H,27,31). The number of ether oxygens (including phenoxy) is 1. The van der Waals surface area contributed by atoms with Crippen LogP contribution in [-0.4, -0.2) is 39.4 Å². The Morgan fingerprint density at radius 2 is 1.85 bits per heavy atom. The number of hydrogen-bond acceptors (Lipinski definition) is 7. The van der Waals surface area contributed by atoms with Gasteiger partial charge in [0.1, 0.15) is 11.8 Å². The topological polar surface area (TPSA) is 118 Å². The monoisotopic (exact) mass is 476 g/mol. The van der Waals surface area contributed by atoms with E-state index in [9.17, 15) is 14.4 Å². The van der Waals surface area contributed by atoms with Crippen molar-refractivity contribution >= 4 is 40.0 Å². The van der Waals surface area contributed by atoms with Crippen LogP contribution in [0.5, 0.6) is 0 Å². The summed E-state index contributed by atoms with van der Waals surface area (Å²) in [7, 11) is 0. The second-order valence-electron chi connectivity index (χ2n) is 7.55. The summed E-state index contributed by atoms with van der Waals surface area (Å²) in [6.45, 7) is -0.567. The van der Waals surface area contributed by atoms with Gasteiger partial charge in [-0.3, -0.25) is 9.59 Å². The van der Waals surface area contributed by atoms with E-state index in [-0.39, 0.29) is 5.69 Å². The molecule has 1 unspecified atom stereocenters. The van der Waals surface area contributed by atoms with E-state index in [0.29, 0.717) is 33.7 Å². The zero-order valence-corrected chi connectivity index (χ0v) is 18.4. The number of rotatable bonds is 5. The van der Waals surface area contributed by atoms with Gasteiger partial charge in [-0.15, -0.1) is 0 Å². The van der Waals surface area contributed by atoms with Gasteiger partial charge in [0.25, 0.3) is 11.5 Å². The molecule has 2 aromatic carbocycles. The average Bonchev–Trinajstić information content (AvgIpc) is 3.53. The van der Waals surface area contributed by atoms with Crippen LogP contribution in [-0.2, 0) is 9.53 Å². The first-order valence-corrected chi connectivity index (χ1v) is 10.7. The quantitative estimate of drug-likeness (QED) is 0.439. The van der Waals surface area contributed by atoms with Crippen LogP contribution in [0.2, 0.25) is 5.02 Å². The molecular formula is C24H17ClN4O5. The summed E-state index contributed by atoms with van der Waals surface area (Å²) in [5.74, 6) is -0.815. The smallest absolute Gasteiger partial charge is 0.359 e. The number of hydrogen-bond donors (Lipinski definition) is 1. The van der Waals surface area contributed by atoms with E-state index in [2.05, 4.69) is 15.3 Å². The Hall–Kier alpha value is -4.24. The summed E-state index contributed by atoms with van der Waals surface area (Å²) in [6.07, 6.45) is 1.94. The van der Waals surface area contributed by atoms with Crippen molar-refractivity contribution in [2.45, 2.75) is 12.5 Å². The van der Waals surface area contributed by atoms with Crippen molar-refractivity contribution in [1.82, 2.24) is 15.2 Å². The number of aromatic amines is 1. The third-order valence-corrected chi connectivity index (χ3v) is 5.68. The van der Waals surface area contributed by atoms with Gasteiger partial charge >= 0.3 is 5.97 Å². The van der Waals surface area contributed by atoms with Gasteiger partial charge in [0.2, 0.25) is 0 Å². The molecule has 1 amide bonds. The van der Waals surface area contributed by atoms with E-state index in [4.69, 9.17) is 20.8 Å². The number of amides is 1. The number of nitrogens with zero attached hydrogens (tertiary/aromatic N) is 3. The van der Waals surface area contributed by atoms with E-state index in [1.807, 2.05) is 12.1 Å². The Bertz CT molecular complexity index is 1460. The third-order valence-electron chi connectivity index (χ3n) is 5.43. The number of halogens is 1. The fourth-order valence-electron chi connectivity index (χ4n) is 3.79. The first kappa shape index (κ1) is 21.6. The summed E-state index contributed by atoms with van der Waals surface area (Å²) in [5.41, 5.74) is 0.978. The number of fused-ring (bicyclic) bond motifs is 1. The Morgan fingerprint density at radius 3 is 2.59 bits per heavy atom. The minimum Gasteiger partial charge on any atom is -0.467 e. The number of esters is 1. The second-order valence-corrected chi connectivity index (χ2v) is 7.99. The molecule has 0 saturated heterocycles. The highest BCUT2D eigenvalue weighted by atomic mass is 35.5. The molecule has 1 aliphatic heterocycles. The first-order chi connectivity index (χ1) is 16.5. The molecule has 0 saturated carbocycles. The molecule has 170 valence electrons. The zero-order chi connectivity index (χ0) is 23.7. The van der Waals surface area contributed by atoms with Crippen molar-refractivity contribution in [3.8, 4) is 0 Å². The van der Waals surface area contributed by atoms with Crippen molar-refractivity contribution in [2.75, 3.05) is 6.61 Å². The molecule has 4 aromatic rings. The predicted octanol–water partition coefficient (Wildman–Crippen LogP) is 3.70. The lowest BCUT2D eigenvalue weighted by molar-refractivity contribution is -0.136. The van der Waals surface area contributed by atoms with Crippen molar-refractivity contribution in [1.29, 1.82) is 0 Å². The summed E-state index contributed by atoms with van der Waals surface area (Å²) in [4.78, 5) is 37.7. The summed E-state index contributed by atoms with van der Waals surface area (Å²) >= 11 is 5.98. The van der Waals surface area contributed by atoms with Gasteiger partial charge in [-0.05, 0) is 35.9 Å². The van der Waals surface area contributed by atoms with Crippen LogP contribution in [0.15, 0.2) is 81.2 Å². The molecule has 0 spiro atoms. The maximum atomic E-state index is 13.0. The number of hydrazone groups is 1. The molecule has 3 heterocycles. The zero-order valence-electron chi connectivity index (χ0n) is 17.6. The van der Waals surface area contributed by atoms with E-state index in [1.165, 1.54) is 11.3 Å². The molecule has 1 N–H and O–H groups in total. The van der Waals surface area contributed by atoms with E-state index in [1.54, 1.807) is 48.5 Å². The van der Waals surface area contributed by atoms with Crippen LogP contribution in [0.1, 0.15) is 34.3 Å². The van der Waals surface area contributed by atoms with Crippen LogP contribution in [0, 0.1) is 0 Å². The van der Waals surface area contributed by atoms with E-state index < -0.39 is 30.1 Å². The molecule has 0 radical (unpaired) electrons. The molecule has 10 heteroatoms. The van der Waals surface area contributed by atoms with Gasteiger partial charge in [-0.1, -0.05) is 41.9 Å². The summed E-state index contributed by atoms with van der Waals surface area (Å²) in [5, 5.41) is 13.0. The lowest BCUT2D eigenvalue weighted by atomic mass is 10.0. The summed E-state index contributed by atoms with van der Waals surface area (Å²) < 4.78 is 10.8. The van der Waals surface area contributed by atoms with Gasteiger partial charge < -0.3 is 9.15 Å². The molecule has 34 heavy (non-hydrogen) atoms. The maximum absolute atomic E-state index is 13.0. The van der Waals surface area contributed by atoms with Crippen LogP contribution < -0.4 is 5.56 Å². The van der Waals surface area contributed by atoms with E-state index >= 15 is 0 Å². The number of carbonyl (C=O) groups excluding carboxylic acids is 2. The molecule has 2 aromatic heterocycles. The average molecular weight is 477 g/mol. The summed E-state index contributed by atoms with van der Waals surface area (Å²) in [6, 6.07) is 16.6. The fourth-order valence-corrected chi connectivity index (χ4v) is 3.92. The molecular weight excluding hydrogens is 460 g/mol. The Kier molecular flexibility index (Phi) is 5.69. The maximum Gasteiger partial charge on any atom is 0.359 e. The van der Waals surface area contributed by atoms with Gasteiger partial charge in [-0.2, -0.15) is 10.2 Å². The molecule has 5 rings (SSSR count). The lowest BCUT2D eigenvalue weighted by Gasteiger charge is -2.19. The Morgan fingerprint density at radius 1 is 1.09 bits per heavy atom. The predicted molar refractivity (Wildman–Crippen MR) is 124 cm³/mol. The van der Waals surface area contributed by atoms with Crippen LogP contribution in [0.4, 0.5) is 0 Å². The van der Waals surface area contributed by atoms with Crippen molar-refractivity contribution in [2.24, 2.45) is 5.10 Å². The Labute approximate surface area is 197 Å². The normalized spacial score (nSPS) is 15.4. The lowest BCUT2D eigenvalue weighted by Crippen LogP contribution is -2.31. The molecule has 0 fully saturated rings. The molecule has 0 aliphatic carbocycles. The number of furan rings is 1. The van der Waals surface area contributed by atoms with Crippen molar-refractivity contribution in [3.63, 3.8) is 0 Å². The van der Waals surface area contributed by atoms with Gasteiger partial charge in [-0.25, -0.2) is 14.9 Å². The molecule has 1 atom stereocenters. The van der Waals surface area contributed by atoms with Crippen molar-refractivity contribution < 1.29 is 18.7 Å². The van der Waals surface area contributed by atoms with Crippen LogP contribution >= 0.6 is 11.6 Å². The number of benzene rings is 2. The highest BCUT2D eigenvalue weighted by molar-refractivity contribution is 6.30. The highest BCUT2D eigenvalue weighted by Gasteiger charge is 2.35. The molecule has 1 aliphatic rings. The largest absolute Gasteiger partial charge is 0.467 e. The fraction of sp³-hybridized carbons (Fsp3) is 0.125. The number of H-pyrrole nitrogens is 1. The minimum atomic E-state index is -0.837. The van der Waals surface area contributed by atoms with Gasteiger partial charge in [0.05, 0.1) is 17.4 Å².